The van der Waals surface area contributed by atoms with Gasteiger partial charge in [0, 0.05) is 9.34 Å². The summed E-state index contributed by atoms with van der Waals surface area (Å²) >= 11 is 2.71. The van der Waals surface area contributed by atoms with Gasteiger partial charge in [0.25, 0.3) is 0 Å². The van der Waals surface area contributed by atoms with Crippen LogP contribution in [0.5, 0.6) is 0 Å². The highest BCUT2D eigenvalue weighted by Crippen LogP contribution is 2.74. The lowest BCUT2D eigenvalue weighted by atomic mass is 9.44. The van der Waals surface area contributed by atoms with E-state index in [-0.39, 0.29) is 5.60 Å². The summed E-state index contributed by atoms with van der Waals surface area (Å²) in [5, 5.41) is 0. The fourth-order valence-electron chi connectivity index (χ4n) is 9.65. The van der Waals surface area contributed by atoms with Crippen molar-refractivity contribution in [2.75, 3.05) is 0 Å². The molecule has 0 aromatic heterocycles. The predicted octanol–water partition coefficient (Wildman–Crippen LogP) is 8.04. The number of halogens is 1. The molecular formula is C27H45IO. The molecule has 4 saturated carbocycles. The van der Waals surface area contributed by atoms with Gasteiger partial charge in [-0.3, -0.25) is 0 Å². The maximum absolute atomic E-state index is 6.66. The molecule has 0 amide bonds. The molecule has 5 fully saturated rings. The van der Waals surface area contributed by atoms with Crippen molar-refractivity contribution >= 4 is 22.6 Å². The quantitative estimate of drug-likeness (QED) is 0.206. The van der Waals surface area contributed by atoms with E-state index in [0.717, 1.165) is 39.4 Å². The minimum Gasteiger partial charge on any atom is -0.365 e. The zero-order valence-corrected chi connectivity index (χ0v) is 21.8. The van der Waals surface area contributed by atoms with Gasteiger partial charge in [-0.1, -0.05) is 76.5 Å². The second-order valence-electron chi connectivity index (χ2n) is 12.9. The molecule has 1 heterocycles. The van der Waals surface area contributed by atoms with Crippen molar-refractivity contribution in [2.45, 2.75) is 121 Å². The van der Waals surface area contributed by atoms with Gasteiger partial charge in [0.1, 0.15) is 5.60 Å². The van der Waals surface area contributed by atoms with E-state index in [1.54, 1.807) is 0 Å². The number of hydrogen-bond acceptors (Lipinski definition) is 1. The van der Waals surface area contributed by atoms with E-state index >= 15 is 0 Å². The molecule has 29 heavy (non-hydrogen) atoms. The van der Waals surface area contributed by atoms with Crippen LogP contribution in [0.3, 0.4) is 0 Å². The number of ether oxygens (including phenoxy) is 1. The first-order chi connectivity index (χ1) is 13.7. The first-order valence-electron chi connectivity index (χ1n) is 13.0. The zero-order chi connectivity index (χ0) is 20.6. The number of epoxide rings is 1. The Morgan fingerprint density at radius 2 is 1.76 bits per heavy atom. The summed E-state index contributed by atoms with van der Waals surface area (Å²) in [4.78, 5) is 0. The molecule has 0 bridgehead atoms. The van der Waals surface area contributed by atoms with Crippen molar-refractivity contribution in [3.05, 3.63) is 0 Å². The summed E-state index contributed by atoms with van der Waals surface area (Å²) in [7, 11) is 0. The second kappa shape index (κ2) is 7.35. The lowest BCUT2D eigenvalue weighted by molar-refractivity contribution is -0.0988. The first-order valence-corrected chi connectivity index (χ1v) is 14.3. The minimum absolute atomic E-state index is 0.286. The number of alkyl halides is 1. The molecule has 0 aromatic rings. The molecular weight excluding hydrogens is 467 g/mol. The van der Waals surface area contributed by atoms with Gasteiger partial charge in [-0.25, -0.2) is 0 Å². The van der Waals surface area contributed by atoms with Gasteiger partial charge in [-0.2, -0.15) is 0 Å². The SMILES string of the molecule is CC(C)CCC[C@@H](C)[C@H]1CC[C@H]2[C@@H]3CC4OC45CC(I)CC[C@]5(C)[C@H]3CC[C@]12C. The Balaban J connectivity index is 1.33. The molecule has 2 heteroatoms. The van der Waals surface area contributed by atoms with Crippen molar-refractivity contribution in [3.8, 4) is 0 Å². The summed E-state index contributed by atoms with van der Waals surface area (Å²) < 4.78 is 7.51. The Kier molecular flexibility index (Phi) is 5.46. The fraction of sp³-hybridized carbons (Fsp3) is 1.00. The van der Waals surface area contributed by atoms with Crippen molar-refractivity contribution in [3.63, 3.8) is 0 Å². The van der Waals surface area contributed by atoms with Crippen molar-refractivity contribution in [2.24, 2.45) is 46.3 Å². The zero-order valence-electron chi connectivity index (χ0n) is 19.7. The molecule has 4 aliphatic carbocycles. The normalized spacial score (nSPS) is 54.3. The molecule has 0 N–H and O–H groups in total. The third kappa shape index (κ3) is 3.14. The Hall–Kier alpha value is 0.690. The molecule has 3 unspecified atom stereocenters. The summed E-state index contributed by atoms with van der Waals surface area (Å²) in [6, 6.07) is 0. The van der Waals surface area contributed by atoms with Gasteiger partial charge < -0.3 is 4.74 Å². The van der Waals surface area contributed by atoms with E-state index in [9.17, 15) is 0 Å². The molecule has 166 valence electrons. The van der Waals surface area contributed by atoms with E-state index in [0.29, 0.717) is 16.9 Å². The Bertz CT molecular complexity index is 632. The smallest absolute Gasteiger partial charge is 0.101 e. The van der Waals surface area contributed by atoms with E-state index in [1.807, 2.05) is 0 Å². The number of hydrogen-bond donors (Lipinski definition) is 0. The van der Waals surface area contributed by atoms with Crippen molar-refractivity contribution < 1.29 is 4.74 Å². The Morgan fingerprint density at radius 3 is 2.52 bits per heavy atom. The third-order valence-corrected chi connectivity index (χ3v) is 12.3. The monoisotopic (exact) mass is 512 g/mol. The minimum atomic E-state index is 0.286. The van der Waals surface area contributed by atoms with Gasteiger partial charge in [0.15, 0.2) is 0 Å². The average molecular weight is 513 g/mol. The van der Waals surface area contributed by atoms with Gasteiger partial charge in [0.05, 0.1) is 6.10 Å². The first kappa shape index (κ1) is 21.5. The lowest BCUT2D eigenvalue weighted by Crippen LogP contribution is -2.58. The standard InChI is InChI=1S/C27H45IO/c1-17(2)7-6-8-18(3)21-9-10-22-20-15-24-27(29-24)16-19(28)11-14-26(27,5)23(20)12-13-25(21,22)4/h17-24H,6-16H2,1-5H3/t18-,19?,20+,21-,22+,23+,24?,25-,26-,27?/m1/s1. The molecule has 5 aliphatic rings. The molecule has 1 nitrogen and oxygen atoms in total. The second-order valence-corrected chi connectivity index (χ2v) is 14.7. The van der Waals surface area contributed by atoms with Crippen molar-refractivity contribution in [1.29, 1.82) is 0 Å². The van der Waals surface area contributed by atoms with Gasteiger partial charge in [-0.15, -0.1) is 0 Å². The summed E-state index contributed by atoms with van der Waals surface area (Å²) in [5.74, 6) is 5.64. The van der Waals surface area contributed by atoms with E-state index < -0.39 is 0 Å². The van der Waals surface area contributed by atoms with Crippen LogP contribution in [0.25, 0.3) is 0 Å². The number of rotatable bonds is 5. The van der Waals surface area contributed by atoms with E-state index in [4.69, 9.17) is 4.74 Å². The largest absolute Gasteiger partial charge is 0.365 e. The van der Waals surface area contributed by atoms with Crippen LogP contribution in [0.1, 0.15) is 105 Å². The Labute approximate surface area is 194 Å². The lowest BCUT2D eigenvalue weighted by Gasteiger charge is -2.59. The molecule has 0 aromatic carbocycles. The van der Waals surface area contributed by atoms with Crippen LogP contribution in [0.2, 0.25) is 0 Å². The molecule has 1 spiro atoms. The summed E-state index contributed by atoms with van der Waals surface area (Å²) in [5.41, 5.74) is 1.38. The van der Waals surface area contributed by atoms with Crippen LogP contribution < -0.4 is 0 Å². The molecule has 5 rings (SSSR count). The van der Waals surface area contributed by atoms with E-state index in [2.05, 4.69) is 57.2 Å². The van der Waals surface area contributed by atoms with Crippen LogP contribution >= 0.6 is 22.6 Å². The van der Waals surface area contributed by atoms with Crippen LogP contribution in [0.15, 0.2) is 0 Å². The highest BCUT2D eigenvalue weighted by Gasteiger charge is 2.75. The summed E-state index contributed by atoms with van der Waals surface area (Å²) in [6.45, 7) is 12.8. The Morgan fingerprint density at radius 1 is 0.966 bits per heavy atom. The van der Waals surface area contributed by atoms with Crippen LogP contribution in [0, 0.1) is 46.3 Å². The summed E-state index contributed by atoms with van der Waals surface area (Å²) in [6.07, 6.45) is 16.5. The highest BCUT2D eigenvalue weighted by atomic mass is 127. The van der Waals surface area contributed by atoms with E-state index in [1.165, 1.54) is 70.6 Å². The van der Waals surface area contributed by atoms with Crippen LogP contribution in [-0.4, -0.2) is 15.6 Å². The van der Waals surface area contributed by atoms with Gasteiger partial charge in [-0.05, 0) is 92.3 Å². The van der Waals surface area contributed by atoms with Crippen molar-refractivity contribution in [1.82, 2.24) is 0 Å². The van der Waals surface area contributed by atoms with Crippen LogP contribution in [-0.2, 0) is 4.74 Å². The maximum Gasteiger partial charge on any atom is 0.101 e. The predicted molar refractivity (Wildman–Crippen MR) is 130 cm³/mol. The molecule has 1 saturated heterocycles. The van der Waals surface area contributed by atoms with Gasteiger partial charge in [0.2, 0.25) is 0 Å². The highest BCUT2D eigenvalue weighted by molar-refractivity contribution is 14.1. The van der Waals surface area contributed by atoms with Crippen LogP contribution in [0.4, 0.5) is 0 Å². The fourth-order valence-corrected chi connectivity index (χ4v) is 10.6. The average Bonchev–Trinajstić information content (AvgIpc) is 3.22. The molecule has 0 radical (unpaired) electrons. The molecule has 10 atom stereocenters. The third-order valence-electron chi connectivity index (χ3n) is 11.2. The number of fused-ring (bicyclic) bond motifs is 4. The maximum atomic E-state index is 6.66. The molecule has 1 aliphatic heterocycles. The van der Waals surface area contributed by atoms with Gasteiger partial charge >= 0.3 is 0 Å². The topological polar surface area (TPSA) is 12.5 Å².